The van der Waals surface area contributed by atoms with Gasteiger partial charge in [0.15, 0.2) is 11.9 Å². The van der Waals surface area contributed by atoms with E-state index in [1.165, 1.54) is 12.1 Å². The number of nitro benzene ring substituents is 1. The lowest BCUT2D eigenvalue weighted by Gasteiger charge is -2.35. The maximum absolute atomic E-state index is 12.9. The fourth-order valence-corrected chi connectivity index (χ4v) is 3.32. The Morgan fingerprint density at radius 3 is 2.66 bits per heavy atom. The van der Waals surface area contributed by atoms with Crippen molar-refractivity contribution in [3.8, 4) is 11.5 Å². The van der Waals surface area contributed by atoms with Crippen molar-refractivity contribution in [1.82, 2.24) is 0 Å². The molecule has 1 unspecified atom stereocenters. The average Bonchev–Trinajstić information content (AvgIpc) is 2.69. The Morgan fingerprint density at radius 1 is 1.21 bits per heavy atom. The molecule has 154 valence electrons. The third-order valence-corrected chi connectivity index (χ3v) is 4.94. The van der Waals surface area contributed by atoms with Crippen molar-refractivity contribution in [3.63, 3.8) is 0 Å². The molecule has 1 amide bonds. The summed E-state index contributed by atoms with van der Waals surface area (Å²) in [5.41, 5.74) is 1.62. The summed E-state index contributed by atoms with van der Waals surface area (Å²) in [5, 5.41) is 11.1. The minimum Gasteiger partial charge on any atom is -0.493 e. The lowest BCUT2D eigenvalue weighted by Crippen LogP contribution is -2.48. The highest BCUT2D eigenvalue weighted by atomic mass is 16.6. The Hall–Kier alpha value is -3.09. The summed E-state index contributed by atoms with van der Waals surface area (Å²) in [4.78, 5) is 25.2. The number of benzene rings is 2. The second-order valence-electron chi connectivity index (χ2n) is 7.50. The number of hydrogen-bond donors (Lipinski definition) is 0. The molecule has 0 radical (unpaired) electrons. The van der Waals surface area contributed by atoms with Gasteiger partial charge in [-0.25, -0.2) is 0 Å². The van der Waals surface area contributed by atoms with Gasteiger partial charge in [0.25, 0.3) is 11.6 Å². The van der Waals surface area contributed by atoms with Crippen LogP contribution >= 0.6 is 0 Å². The van der Waals surface area contributed by atoms with Crippen LogP contribution in [0.3, 0.4) is 0 Å². The van der Waals surface area contributed by atoms with Crippen molar-refractivity contribution in [3.05, 3.63) is 58.1 Å². The van der Waals surface area contributed by atoms with Crippen LogP contribution in [0.2, 0.25) is 0 Å². The third kappa shape index (κ3) is 4.67. The maximum Gasteiger partial charge on any atom is 0.273 e. The Labute approximate surface area is 170 Å². The number of unbranched alkanes of at least 4 members (excludes halogenated alkanes) is 1. The summed E-state index contributed by atoms with van der Waals surface area (Å²) in [6, 6.07) is 12.2. The number of carbonyl (C=O) groups excluding carboxylic acids is 1. The van der Waals surface area contributed by atoms with Crippen LogP contribution in [0.25, 0.3) is 0 Å². The molecular weight excluding hydrogens is 372 g/mol. The van der Waals surface area contributed by atoms with Crippen molar-refractivity contribution >= 4 is 17.3 Å². The molecular formula is C22H26N2O5. The van der Waals surface area contributed by atoms with Crippen molar-refractivity contribution in [2.45, 2.75) is 39.7 Å². The summed E-state index contributed by atoms with van der Waals surface area (Å²) >= 11 is 0. The molecule has 1 aliphatic rings. The fourth-order valence-electron chi connectivity index (χ4n) is 3.32. The number of non-ortho nitro benzene ring substituents is 1. The van der Waals surface area contributed by atoms with E-state index in [9.17, 15) is 14.9 Å². The quantitative estimate of drug-likeness (QED) is 0.371. The van der Waals surface area contributed by atoms with E-state index in [2.05, 4.69) is 0 Å². The van der Waals surface area contributed by atoms with Gasteiger partial charge in [0, 0.05) is 12.6 Å². The Balaban J connectivity index is 1.66. The molecule has 1 aliphatic heterocycles. The zero-order valence-corrected chi connectivity index (χ0v) is 17.0. The second-order valence-corrected chi connectivity index (χ2v) is 7.50. The summed E-state index contributed by atoms with van der Waals surface area (Å²) in [6.45, 7) is 6.87. The second kappa shape index (κ2) is 8.94. The Morgan fingerprint density at radius 2 is 1.97 bits per heavy atom. The molecule has 0 aliphatic carbocycles. The molecule has 7 nitrogen and oxygen atoms in total. The molecule has 1 heterocycles. The van der Waals surface area contributed by atoms with Gasteiger partial charge in [-0.3, -0.25) is 14.9 Å². The highest BCUT2D eigenvalue weighted by molar-refractivity contribution is 6.00. The highest BCUT2D eigenvalue weighted by Gasteiger charge is 2.36. The predicted molar refractivity (Wildman–Crippen MR) is 111 cm³/mol. The average molecular weight is 398 g/mol. The van der Waals surface area contributed by atoms with Crippen molar-refractivity contribution in [2.24, 2.45) is 5.92 Å². The molecule has 2 aromatic carbocycles. The monoisotopic (exact) mass is 398 g/mol. The van der Waals surface area contributed by atoms with E-state index in [4.69, 9.17) is 9.47 Å². The minimum absolute atomic E-state index is 0.0400. The molecule has 3 rings (SSSR count). The Kier molecular flexibility index (Phi) is 6.36. The number of nitro groups is 1. The molecule has 0 N–H and O–H groups in total. The molecule has 2 aromatic rings. The molecule has 0 aromatic heterocycles. The van der Waals surface area contributed by atoms with E-state index in [0.717, 1.165) is 24.2 Å². The van der Waals surface area contributed by atoms with E-state index in [1.807, 2.05) is 45.0 Å². The maximum atomic E-state index is 12.9. The summed E-state index contributed by atoms with van der Waals surface area (Å²) in [5.74, 6) is 1.10. The van der Waals surface area contributed by atoms with Gasteiger partial charge in [-0.2, -0.15) is 0 Å². The van der Waals surface area contributed by atoms with Crippen LogP contribution in [0.1, 0.15) is 32.3 Å². The van der Waals surface area contributed by atoms with Gasteiger partial charge in [-0.1, -0.05) is 32.0 Å². The largest absolute Gasteiger partial charge is 0.493 e. The molecule has 0 fully saturated rings. The number of carbonyl (C=O) groups is 1. The van der Waals surface area contributed by atoms with Crippen molar-refractivity contribution in [2.75, 3.05) is 18.1 Å². The number of hydrogen-bond acceptors (Lipinski definition) is 5. The van der Waals surface area contributed by atoms with E-state index < -0.39 is 11.0 Å². The summed E-state index contributed by atoms with van der Waals surface area (Å²) in [6.07, 6.45) is 0.889. The molecule has 29 heavy (non-hydrogen) atoms. The zero-order chi connectivity index (χ0) is 21.0. The van der Waals surface area contributed by atoms with Crippen molar-refractivity contribution in [1.29, 1.82) is 0 Å². The third-order valence-electron chi connectivity index (χ3n) is 4.94. The molecule has 0 spiro atoms. The van der Waals surface area contributed by atoms with Gasteiger partial charge >= 0.3 is 0 Å². The Bertz CT molecular complexity index is 897. The smallest absolute Gasteiger partial charge is 0.273 e. The molecule has 0 saturated heterocycles. The molecule has 0 bridgehead atoms. The summed E-state index contributed by atoms with van der Waals surface area (Å²) in [7, 11) is 0. The topological polar surface area (TPSA) is 81.9 Å². The van der Waals surface area contributed by atoms with Gasteiger partial charge in [0.1, 0.15) is 5.75 Å². The number of para-hydroxylation sites is 1. The number of nitrogens with zero attached hydrogens (tertiary/aromatic N) is 2. The molecule has 1 atom stereocenters. The number of anilines is 1. The number of fused-ring (bicyclic) bond motifs is 1. The molecule has 7 heteroatoms. The number of amides is 1. The molecule has 0 saturated carbocycles. The van der Waals surface area contributed by atoms with Crippen LogP contribution in [0.15, 0.2) is 42.5 Å². The number of ether oxygens (including phenoxy) is 2. The predicted octanol–water partition coefficient (Wildman–Crippen LogP) is 4.51. The van der Waals surface area contributed by atoms with Gasteiger partial charge < -0.3 is 14.4 Å². The fraction of sp³-hybridized carbons (Fsp3) is 0.409. The summed E-state index contributed by atoms with van der Waals surface area (Å²) < 4.78 is 11.6. The first-order chi connectivity index (χ1) is 13.9. The van der Waals surface area contributed by atoms with E-state index in [-0.39, 0.29) is 17.5 Å². The van der Waals surface area contributed by atoms with Gasteiger partial charge in [-0.05, 0) is 43.4 Å². The normalized spacial score (nSPS) is 15.8. The van der Waals surface area contributed by atoms with Crippen LogP contribution in [0, 0.1) is 23.0 Å². The van der Waals surface area contributed by atoms with Crippen LogP contribution in [0.4, 0.5) is 11.4 Å². The van der Waals surface area contributed by atoms with Gasteiger partial charge in [0.2, 0.25) is 0 Å². The van der Waals surface area contributed by atoms with Crippen LogP contribution in [-0.4, -0.2) is 30.1 Å². The zero-order valence-electron chi connectivity index (χ0n) is 17.0. The van der Waals surface area contributed by atoms with E-state index >= 15 is 0 Å². The highest BCUT2D eigenvalue weighted by Crippen LogP contribution is 2.38. The van der Waals surface area contributed by atoms with Crippen LogP contribution < -0.4 is 14.4 Å². The number of rotatable bonds is 8. The van der Waals surface area contributed by atoms with Crippen LogP contribution in [-0.2, 0) is 4.79 Å². The SMILES string of the molecule is Cc1ccccc1OCCCCN1C(=O)C(C(C)C)Oc2cc([N+](=O)[O-])ccc21. The standard InChI is InChI=1S/C22H26N2O5/c1-15(2)21-22(25)23(18-11-10-17(24(26)27)14-20(18)29-21)12-6-7-13-28-19-9-5-4-8-16(19)3/h4-5,8-11,14-15,21H,6-7,12-13H2,1-3H3. The van der Waals surface area contributed by atoms with E-state index in [1.54, 1.807) is 11.0 Å². The van der Waals surface area contributed by atoms with Gasteiger partial charge in [0.05, 0.1) is 23.3 Å². The first-order valence-electron chi connectivity index (χ1n) is 9.83. The van der Waals surface area contributed by atoms with Gasteiger partial charge in [-0.15, -0.1) is 0 Å². The first kappa shape index (κ1) is 20.6. The minimum atomic E-state index is -0.646. The van der Waals surface area contributed by atoms with Crippen molar-refractivity contribution < 1.29 is 19.2 Å². The lowest BCUT2D eigenvalue weighted by molar-refractivity contribution is -0.384. The lowest BCUT2D eigenvalue weighted by atomic mass is 10.0. The van der Waals surface area contributed by atoms with E-state index in [0.29, 0.717) is 24.6 Å². The first-order valence-corrected chi connectivity index (χ1v) is 9.83. The van der Waals surface area contributed by atoms with Crippen LogP contribution in [0.5, 0.6) is 11.5 Å². The number of aryl methyl sites for hydroxylation is 1.